The van der Waals surface area contributed by atoms with Crippen LogP contribution in [0.4, 0.5) is 17.3 Å². The van der Waals surface area contributed by atoms with Gasteiger partial charge in [-0.3, -0.25) is 4.79 Å². The molecule has 2 aliphatic rings. The minimum Gasteiger partial charge on any atom is -0.394 e. The third-order valence-electron chi connectivity index (χ3n) is 7.86. The summed E-state index contributed by atoms with van der Waals surface area (Å²) >= 11 is 0. The van der Waals surface area contributed by atoms with Crippen LogP contribution in [-0.2, 0) is 7.05 Å². The number of aliphatic hydroxyl groups excluding tert-OH is 1. The van der Waals surface area contributed by atoms with Crippen LogP contribution in [0.2, 0.25) is 0 Å². The molecule has 5 rings (SSSR count). The lowest BCUT2D eigenvalue weighted by Gasteiger charge is -2.40. The monoisotopic (exact) mass is 529 g/mol. The lowest BCUT2D eigenvalue weighted by atomic mass is 9.99. The number of aromatic nitrogens is 4. The van der Waals surface area contributed by atoms with E-state index < -0.39 is 0 Å². The second-order valence-electron chi connectivity index (χ2n) is 10.4. The zero-order chi connectivity index (χ0) is 27.5. The Kier molecular flexibility index (Phi) is 7.65. The third kappa shape index (κ3) is 5.38. The molecule has 1 amide bonds. The fourth-order valence-electron chi connectivity index (χ4n) is 5.66. The van der Waals surface area contributed by atoms with Gasteiger partial charge in [0, 0.05) is 57.1 Å². The number of para-hydroxylation sites is 1. The summed E-state index contributed by atoms with van der Waals surface area (Å²) in [7, 11) is 1.76. The minimum atomic E-state index is -0.285. The van der Waals surface area contributed by atoms with Gasteiger partial charge in [-0.15, -0.1) is 0 Å². The molecule has 0 bridgehead atoms. The van der Waals surface area contributed by atoms with E-state index >= 15 is 0 Å². The first-order valence-corrected chi connectivity index (χ1v) is 13.4. The van der Waals surface area contributed by atoms with Gasteiger partial charge in [-0.1, -0.05) is 23.3 Å². The average molecular weight is 530 g/mol. The van der Waals surface area contributed by atoms with Gasteiger partial charge >= 0.3 is 0 Å². The normalized spacial score (nSPS) is 18.2. The lowest BCUT2D eigenvalue weighted by Crippen LogP contribution is -2.57. The third-order valence-corrected chi connectivity index (χ3v) is 7.86. The maximum Gasteiger partial charge on any atom is 0.254 e. The summed E-state index contributed by atoms with van der Waals surface area (Å²) in [6.07, 6.45) is 1.88. The molecule has 2 aliphatic heterocycles. The Morgan fingerprint density at radius 1 is 1.13 bits per heavy atom. The van der Waals surface area contributed by atoms with Crippen LogP contribution in [0.5, 0.6) is 0 Å². The first kappa shape index (κ1) is 26.4. The van der Waals surface area contributed by atoms with Crippen molar-refractivity contribution in [3.8, 4) is 6.07 Å². The summed E-state index contributed by atoms with van der Waals surface area (Å²) in [6, 6.07) is 14.1. The number of hydrogen-bond donors (Lipinski definition) is 2. The second-order valence-corrected chi connectivity index (χ2v) is 10.4. The van der Waals surface area contributed by atoms with E-state index in [1.807, 2.05) is 47.1 Å². The van der Waals surface area contributed by atoms with Gasteiger partial charge in [-0.25, -0.2) is 4.68 Å². The number of tetrazole rings is 1. The predicted octanol–water partition coefficient (Wildman–Crippen LogP) is 2.10. The Morgan fingerprint density at radius 2 is 1.90 bits per heavy atom. The smallest absolute Gasteiger partial charge is 0.254 e. The van der Waals surface area contributed by atoms with Crippen LogP contribution in [0.3, 0.4) is 0 Å². The minimum absolute atomic E-state index is 0.0346. The van der Waals surface area contributed by atoms with Gasteiger partial charge in [-0.2, -0.15) is 5.26 Å². The van der Waals surface area contributed by atoms with Crippen molar-refractivity contribution < 1.29 is 9.90 Å². The quantitative estimate of drug-likeness (QED) is 0.494. The number of piperazine rings is 1. The Labute approximate surface area is 228 Å². The first-order chi connectivity index (χ1) is 18.9. The molecule has 11 nitrogen and oxygen atoms in total. The van der Waals surface area contributed by atoms with E-state index in [1.165, 1.54) is 0 Å². The van der Waals surface area contributed by atoms with E-state index in [9.17, 15) is 15.2 Å². The van der Waals surface area contributed by atoms with Crippen LogP contribution in [0.1, 0.15) is 39.9 Å². The number of piperidine rings is 1. The van der Waals surface area contributed by atoms with Gasteiger partial charge in [-0.05, 0) is 66.4 Å². The van der Waals surface area contributed by atoms with Crippen LogP contribution in [0.25, 0.3) is 0 Å². The molecule has 204 valence electrons. The molecule has 1 aromatic heterocycles. The summed E-state index contributed by atoms with van der Waals surface area (Å²) in [5, 5.41) is 34.9. The van der Waals surface area contributed by atoms with E-state index in [-0.39, 0.29) is 24.6 Å². The van der Waals surface area contributed by atoms with Crippen LogP contribution in [0, 0.1) is 25.2 Å². The van der Waals surface area contributed by atoms with Gasteiger partial charge in [0.25, 0.3) is 5.91 Å². The molecule has 2 aromatic carbocycles. The number of carbonyl (C=O) groups excluding carboxylic acids is 1. The van der Waals surface area contributed by atoms with Crippen molar-refractivity contribution >= 4 is 23.2 Å². The van der Waals surface area contributed by atoms with E-state index in [4.69, 9.17) is 0 Å². The Hall–Kier alpha value is -4.17. The number of anilines is 3. The molecule has 2 saturated heterocycles. The molecule has 39 heavy (non-hydrogen) atoms. The van der Waals surface area contributed by atoms with E-state index in [0.29, 0.717) is 36.7 Å². The largest absolute Gasteiger partial charge is 0.394 e. The Bertz CT molecular complexity index is 1370. The molecule has 3 heterocycles. The molecule has 0 radical (unpaired) electrons. The van der Waals surface area contributed by atoms with Crippen molar-refractivity contribution in [2.75, 3.05) is 54.4 Å². The molecule has 0 aliphatic carbocycles. The Morgan fingerprint density at radius 3 is 2.59 bits per heavy atom. The summed E-state index contributed by atoms with van der Waals surface area (Å²) < 4.78 is 1.58. The number of nitriles is 1. The maximum absolute atomic E-state index is 13.7. The van der Waals surface area contributed by atoms with E-state index in [1.54, 1.807) is 11.7 Å². The van der Waals surface area contributed by atoms with Gasteiger partial charge < -0.3 is 25.1 Å². The topological polar surface area (TPSA) is 126 Å². The number of amides is 1. The molecule has 11 heteroatoms. The molecule has 1 atom stereocenters. The number of hydrogen-bond acceptors (Lipinski definition) is 9. The second kappa shape index (κ2) is 11.3. The van der Waals surface area contributed by atoms with Gasteiger partial charge in [0.2, 0.25) is 5.95 Å². The fraction of sp³-hybridized carbons (Fsp3) is 0.464. The fourth-order valence-corrected chi connectivity index (χ4v) is 5.66. The van der Waals surface area contributed by atoms with Crippen molar-refractivity contribution in [1.29, 1.82) is 5.26 Å². The average Bonchev–Trinajstić information content (AvgIpc) is 3.39. The van der Waals surface area contributed by atoms with E-state index in [2.05, 4.69) is 44.8 Å². The number of aliphatic hydroxyl groups is 1. The van der Waals surface area contributed by atoms with Crippen LogP contribution in [-0.4, -0.2) is 87.5 Å². The predicted molar refractivity (Wildman–Crippen MR) is 149 cm³/mol. The van der Waals surface area contributed by atoms with Crippen LogP contribution in [0.15, 0.2) is 36.4 Å². The lowest BCUT2D eigenvalue weighted by molar-refractivity contribution is 0.0697. The number of rotatable bonds is 6. The highest BCUT2D eigenvalue weighted by molar-refractivity contribution is 5.97. The zero-order valence-electron chi connectivity index (χ0n) is 22.7. The number of nitrogens with zero attached hydrogens (tertiary/aromatic N) is 8. The number of benzene rings is 2. The van der Waals surface area contributed by atoms with Gasteiger partial charge in [0.1, 0.15) is 6.07 Å². The van der Waals surface area contributed by atoms with Crippen LogP contribution < -0.4 is 15.1 Å². The molecule has 0 saturated carbocycles. The summed E-state index contributed by atoms with van der Waals surface area (Å²) in [4.78, 5) is 19.7. The highest BCUT2D eigenvalue weighted by Crippen LogP contribution is 2.28. The first-order valence-electron chi connectivity index (χ1n) is 13.4. The van der Waals surface area contributed by atoms with Gasteiger partial charge in [0.05, 0.1) is 23.9 Å². The van der Waals surface area contributed by atoms with Gasteiger partial charge in [0.15, 0.2) is 0 Å². The van der Waals surface area contributed by atoms with Crippen molar-refractivity contribution in [1.82, 2.24) is 25.1 Å². The number of aryl methyl sites for hydroxylation is 3. The zero-order valence-corrected chi connectivity index (χ0v) is 22.7. The molecule has 2 N–H and O–H groups in total. The molecular weight excluding hydrogens is 494 g/mol. The highest BCUT2D eigenvalue weighted by Gasteiger charge is 2.33. The Balaban J connectivity index is 1.26. The summed E-state index contributed by atoms with van der Waals surface area (Å²) in [5.41, 5.74) is 5.39. The number of nitrogens with one attached hydrogen (secondary N) is 1. The summed E-state index contributed by atoms with van der Waals surface area (Å²) in [6.45, 7) is 7.10. The van der Waals surface area contributed by atoms with Crippen molar-refractivity contribution in [2.24, 2.45) is 7.05 Å². The standard InChI is InChI=1S/C28H35N9O2/c1-19-14-20(2)25(30-22-8-10-35(11-9-22)26-7-5-4-6-21(26)16-29)15-24(19)27(39)36-12-13-37(23(17-36)18-38)28-31-32-33-34(28)3/h4-7,14-15,22-23,30,38H,8-13,17-18H2,1-3H3. The number of carbonyl (C=O) groups is 1. The van der Waals surface area contributed by atoms with Crippen molar-refractivity contribution in [3.63, 3.8) is 0 Å². The molecule has 3 aromatic rings. The van der Waals surface area contributed by atoms with Crippen molar-refractivity contribution in [2.45, 2.75) is 38.8 Å². The van der Waals surface area contributed by atoms with Crippen molar-refractivity contribution in [3.05, 3.63) is 58.7 Å². The van der Waals surface area contributed by atoms with Crippen LogP contribution >= 0.6 is 0 Å². The molecule has 1 unspecified atom stereocenters. The molecule has 2 fully saturated rings. The molecular formula is C28H35N9O2. The molecule has 0 spiro atoms. The maximum atomic E-state index is 13.7. The SMILES string of the molecule is Cc1cc(C)c(C(=O)N2CCN(c3nnnn3C)C(CO)C2)cc1NC1CCN(c2ccccc2C#N)CC1. The summed E-state index contributed by atoms with van der Waals surface area (Å²) in [5.74, 6) is 0.550. The van der Waals surface area contributed by atoms with E-state index in [0.717, 1.165) is 48.4 Å². The highest BCUT2D eigenvalue weighted by atomic mass is 16.3.